The predicted octanol–water partition coefficient (Wildman–Crippen LogP) is 1.02. The van der Waals surface area contributed by atoms with Gasteiger partial charge < -0.3 is 4.42 Å². The van der Waals surface area contributed by atoms with Crippen molar-refractivity contribution in [3.05, 3.63) is 18.1 Å². The fourth-order valence-electron chi connectivity index (χ4n) is 0.524. The lowest BCUT2D eigenvalue weighted by Crippen LogP contribution is -1.85. The van der Waals surface area contributed by atoms with Crippen molar-refractivity contribution in [3.63, 3.8) is 0 Å². The lowest BCUT2D eigenvalue weighted by Gasteiger charge is -1.82. The van der Waals surface area contributed by atoms with Crippen LogP contribution in [0.2, 0.25) is 0 Å². The summed E-state index contributed by atoms with van der Waals surface area (Å²) in [6, 6.07) is 1.05. The second kappa shape index (κ2) is 2.67. The Kier molecular flexibility index (Phi) is 2.01. The normalized spacial score (nSPS) is 11.4. The average molecular weight is 195 g/mol. The molecule has 0 aliphatic rings. The first kappa shape index (κ1) is 8.29. The van der Waals surface area contributed by atoms with E-state index in [1.54, 1.807) is 0 Å². The van der Waals surface area contributed by atoms with Crippen LogP contribution in [0.3, 0.4) is 0 Å². The summed E-state index contributed by atoms with van der Waals surface area (Å²) in [5, 5.41) is 0. The quantitative estimate of drug-likeness (QED) is 0.521. The molecule has 0 saturated heterocycles. The monoisotopic (exact) mass is 194 g/mol. The van der Waals surface area contributed by atoms with Gasteiger partial charge in [0.25, 0.3) is 9.05 Å². The van der Waals surface area contributed by atoms with Crippen LogP contribution in [0, 0.1) is 0 Å². The molecule has 1 aromatic heterocycles. The van der Waals surface area contributed by atoms with Crippen LogP contribution in [0.15, 0.2) is 21.6 Å². The summed E-state index contributed by atoms with van der Waals surface area (Å²) in [5.74, 6) is -0.0655. The minimum absolute atomic E-state index is 0.0655. The number of halogens is 1. The maximum absolute atomic E-state index is 10.6. The van der Waals surface area contributed by atoms with Gasteiger partial charge in [0.15, 0.2) is 12.0 Å². The molecule has 0 unspecified atom stereocenters. The maximum Gasteiger partial charge on any atom is 0.264 e. The Morgan fingerprint density at radius 2 is 2.18 bits per heavy atom. The summed E-state index contributed by atoms with van der Waals surface area (Å²) in [6.45, 7) is 0. The van der Waals surface area contributed by atoms with Gasteiger partial charge in [-0.05, 0) is 0 Å². The lowest BCUT2D eigenvalue weighted by atomic mass is 10.5. The van der Waals surface area contributed by atoms with E-state index in [4.69, 9.17) is 10.7 Å². The second-order valence-electron chi connectivity index (χ2n) is 1.74. The van der Waals surface area contributed by atoms with E-state index in [2.05, 4.69) is 4.42 Å². The van der Waals surface area contributed by atoms with Crippen molar-refractivity contribution in [1.82, 2.24) is 0 Å². The summed E-state index contributed by atoms with van der Waals surface area (Å²) in [6.07, 6.45) is 1.30. The van der Waals surface area contributed by atoms with E-state index in [9.17, 15) is 13.2 Å². The average Bonchev–Trinajstić information content (AvgIpc) is 2.32. The molecule has 0 N–H and O–H groups in total. The van der Waals surface area contributed by atoms with Gasteiger partial charge in [-0.2, -0.15) is 0 Å². The Morgan fingerprint density at radius 1 is 1.55 bits per heavy atom. The van der Waals surface area contributed by atoms with E-state index in [1.807, 2.05) is 0 Å². The number of aldehydes is 1. The zero-order chi connectivity index (χ0) is 8.48. The van der Waals surface area contributed by atoms with Crippen molar-refractivity contribution in [1.29, 1.82) is 0 Å². The van der Waals surface area contributed by atoms with Gasteiger partial charge in [0.1, 0.15) is 11.2 Å². The standard InChI is InChI=1S/C5H3ClO4S/c6-11(8,9)5-1-4(2-7)10-3-5/h1-3H. The number of rotatable bonds is 2. The molecule has 1 heterocycles. The van der Waals surface area contributed by atoms with Gasteiger partial charge in [0, 0.05) is 16.7 Å². The SMILES string of the molecule is O=Cc1cc(S(=O)(=O)Cl)co1. The van der Waals surface area contributed by atoms with Crippen molar-refractivity contribution in [2.75, 3.05) is 0 Å². The van der Waals surface area contributed by atoms with Gasteiger partial charge >= 0.3 is 0 Å². The van der Waals surface area contributed by atoms with Gasteiger partial charge in [-0.15, -0.1) is 0 Å². The molecule has 0 aliphatic heterocycles. The van der Waals surface area contributed by atoms with Crippen molar-refractivity contribution in [2.24, 2.45) is 0 Å². The van der Waals surface area contributed by atoms with Gasteiger partial charge in [-0.1, -0.05) is 0 Å². The third-order valence-corrected chi connectivity index (χ3v) is 2.31. The zero-order valence-electron chi connectivity index (χ0n) is 5.15. The molecule has 0 aromatic carbocycles. The minimum Gasteiger partial charge on any atom is -0.460 e. The highest BCUT2D eigenvalue weighted by Crippen LogP contribution is 2.16. The number of furan rings is 1. The van der Waals surface area contributed by atoms with Gasteiger partial charge in [0.05, 0.1) is 0 Å². The summed E-state index contributed by atoms with van der Waals surface area (Å²) in [4.78, 5) is 9.81. The van der Waals surface area contributed by atoms with E-state index < -0.39 is 9.05 Å². The van der Waals surface area contributed by atoms with Crippen LogP contribution < -0.4 is 0 Å². The topological polar surface area (TPSA) is 64.3 Å². The number of carbonyl (C=O) groups is 1. The van der Waals surface area contributed by atoms with E-state index in [0.717, 1.165) is 12.3 Å². The van der Waals surface area contributed by atoms with Crippen LogP contribution in [-0.2, 0) is 9.05 Å². The van der Waals surface area contributed by atoms with Crippen molar-refractivity contribution in [3.8, 4) is 0 Å². The molecular weight excluding hydrogens is 192 g/mol. The molecule has 0 fully saturated rings. The Hall–Kier alpha value is -0.810. The molecule has 1 aromatic rings. The smallest absolute Gasteiger partial charge is 0.264 e. The van der Waals surface area contributed by atoms with Gasteiger partial charge in [-0.25, -0.2) is 8.42 Å². The molecule has 1 rings (SSSR count). The Morgan fingerprint density at radius 3 is 2.45 bits per heavy atom. The summed E-state index contributed by atoms with van der Waals surface area (Å²) in [5.41, 5.74) is 0. The molecule has 0 bridgehead atoms. The van der Waals surface area contributed by atoms with E-state index in [0.29, 0.717) is 6.29 Å². The number of hydrogen-bond acceptors (Lipinski definition) is 4. The summed E-state index contributed by atoms with van der Waals surface area (Å²) >= 11 is 0. The van der Waals surface area contributed by atoms with Crippen LogP contribution >= 0.6 is 10.7 Å². The molecule has 0 radical (unpaired) electrons. The van der Waals surface area contributed by atoms with E-state index in [1.165, 1.54) is 0 Å². The van der Waals surface area contributed by atoms with Crippen molar-refractivity contribution < 1.29 is 17.6 Å². The first-order valence-corrected chi connectivity index (χ1v) is 4.83. The molecule has 11 heavy (non-hydrogen) atoms. The molecule has 0 amide bonds. The molecule has 4 nitrogen and oxygen atoms in total. The minimum atomic E-state index is -3.77. The first-order valence-electron chi connectivity index (χ1n) is 2.52. The van der Waals surface area contributed by atoms with Crippen molar-refractivity contribution >= 4 is 26.0 Å². The number of hydrogen-bond donors (Lipinski definition) is 0. The van der Waals surface area contributed by atoms with Crippen LogP contribution in [0.1, 0.15) is 10.6 Å². The van der Waals surface area contributed by atoms with E-state index in [-0.39, 0.29) is 10.7 Å². The molecule has 0 atom stereocenters. The van der Waals surface area contributed by atoms with Crippen LogP contribution in [-0.4, -0.2) is 14.7 Å². The van der Waals surface area contributed by atoms with Crippen LogP contribution in [0.25, 0.3) is 0 Å². The van der Waals surface area contributed by atoms with Crippen molar-refractivity contribution in [2.45, 2.75) is 4.90 Å². The predicted molar refractivity (Wildman–Crippen MR) is 37.1 cm³/mol. The fraction of sp³-hybridized carbons (Fsp3) is 0. The highest BCUT2D eigenvalue weighted by Gasteiger charge is 2.13. The molecule has 0 spiro atoms. The highest BCUT2D eigenvalue weighted by atomic mass is 35.7. The van der Waals surface area contributed by atoms with Crippen LogP contribution in [0.5, 0.6) is 0 Å². The molecule has 0 aliphatic carbocycles. The lowest BCUT2D eigenvalue weighted by molar-refractivity contribution is 0.110. The zero-order valence-corrected chi connectivity index (χ0v) is 6.72. The van der Waals surface area contributed by atoms with Crippen LogP contribution in [0.4, 0.5) is 0 Å². The Bertz CT molecular complexity index is 364. The molecule has 0 saturated carbocycles. The van der Waals surface area contributed by atoms with E-state index >= 15 is 0 Å². The largest absolute Gasteiger partial charge is 0.460 e. The first-order chi connectivity index (χ1) is 5.04. The third kappa shape index (κ3) is 1.81. The molecule has 6 heteroatoms. The van der Waals surface area contributed by atoms with Gasteiger partial charge in [0.2, 0.25) is 0 Å². The Balaban J connectivity index is 3.18. The summed E-state index contributed by atoms with van der Waals surface area (Å²) in [7, 11) is 1.15. The Labute approximate surface area is 67.2 Å². The highest BCUT2D eigenvalue weighted by molar-refractivity contribution is 8.13. The molecule has 60 valence electrons. The van der Waals surface area contributed by atoms with Gasteiger partial charge in [-0.3, -0.25) is 4.79 Å². The molecular formula is C5H3ClO4S. The fourth-order valence-corrected chi connectivity index (χ4v) is 1.19. The summed E-state index contributed by atoms with van der Waals surface area (Å²) < 4.78 is 25.6. The maximum atomic E-state index is 10.6. The number of carbonyl (C=O) groups excluding carboxylic acids is 1. The second-order valence-corrected chi connectivity index (χ2v) is 4.31. The third-order valence-electron chi connectivity index (χ3n) is 0.993.